The predicted molar refractivity (Wildman–Crippen MR) is 84.7 cm³/mol. The van der Waals surface area contributed by atoms with Crippen molar-refractivity contribution in [3.05, 3.63) is 0 Å². The van der Waals surface area contributed by atoms with Gasteiger partial charge in [-0.25, -0.2) is 17.5 Å². The van der Waals surface area contributed by atoms with E-state index in [-0.39, 0.29) is 12.1 Å². The number of urea groups is 1. The van der Waals surface area contributed by atoms with Crippen LogP contribution in [0.4, 0.5) is 4.79 Å². The van der Waals surface area contributed by atoms with Gasteiger partial charge in [0.05, 0.1) is 6.26 Å². The van der Waals surface area contributed by atoms with Crippen molar-refractivity contribution in [2.24, 2.45) is 0 Å². The van der Waals surface area contributed by atoms with Crippen molar-refractivity contribution in [1.82, 2.24) is 14.9 Å². The van der Waals surface area contributed by atoms with E-state index in [1.165, 1.54) is 29.8 Å². The van der Waals surface area contributed by atoms with E-state index >= 15 is 0 Å². The number of hydrogen-bond acceptors (Lipinski definition) is 3. The lowest BCUT2D eigenvalue weighted by molar-refractivity contribution is 0.231. The van der Waals surface area contributed by atoms with Gasteiger partial charge in [-0.1, -0.05) is 32.6 Å². The Balaban J connectivity index is 2.27. The van der Waals surface area contributed by atoms with Gasteiger partial charge in [-0.2, -0.15) is 0 Å². The van der Waals surface area contributed by atoms with Gasteiger partial charge in [0, 0.05) is 25.7 Å². The summed E-state index contributed by atoms with van der Waals surface area (Å²) in [6, 6.07) is 0.0793. The van der Waals surface area contributed by atoms with Crippen molar-refractivity contribution in [2.75, 3.05) is 25.9 Å². The standard InChI is InChI=1S/C14H29N3O3S/c1-3-4-11-17(21(2,19)20)12-10-15-14(18)16-13-8-6-5-7-9-13/h13H,3-12H2,1-2H3,(H2,15,16,18). The van der Waals surface area contributed by atoms with E-state index in [9.17, 15) is 13.2 Å². The summed E-state index contributed by atoms with van der Waals surface area (Å²) in [5.74, 6) is 0. The Morgan fingerprint density at radius 2 is 1.86 bits per heavy atom. The van der Waals surface area contributed by atoms with E-state index in [4.69, 9.17) is 0 Å². The monoisotopic (exact) mass is 319 g/mol. The molecule has 0 aromatic carbocycles. The fourth-order valence-corrected chi connectivity index (χ4v) is 3.44. The zero-order chi connectivity index (χ0) is 15.7. The van der Waals surface area contributed by atoms with Gasteiger partial charge in [0.25, 0.3) is 0 Å². The van der Waals surface area contributed by atoms with Crippen molar-refractivity contribution >= 4 is 16.1 Å². The average Bonchev–Trinajstić information content (AvgIpc) is 2.42. The Hall–Kier alpha value is -0.820. The van der Waals surface area contributed by atoms with Crippen LogP contribution in [0.2, 0.25) is 0 Å². The molecule has 0 spiro atoms. The average molecular weight is 319 g/mol. The van der Waals surface area contributed by atoms with Crippen LogP contribution >= 0.6 is 0 Å². The Kier molecular flexibility index (Phi) is 8.03. The number of nitrogens with zero attached hydrogens (tertiary/aromatic N) is 1. The zero-order valence-electron chi connectivity index (χ0n) is 13.2. The largest absolute Gasteiger partial charge is 0.337 e. The van der Waals surface area contributed by atoms with Crippen LogP contribution in [0, 0.1) is 0 Å². The minimum absolute atomic E-state index is 0.189. The van der Waals surface area contributed by atoms with Crippen LogP contribution in [0.15, 0.2) is 0 Å². The number of carbonyl (C=O) groups excluding carboxylic acids is 1. The van der Waals surface area contributed by atoms with Crippen molar-refractivity contribution in [2.45, 2.75) is 57.9 Å². The predicted octanol–water partition coefficient (Wildman–Crippen LogP) is 1.68. The summed E-state index contributed by atoms with van der Waals surface area (Å²) in [5, 5.41) is 5.71. The molecule has 0 saturated heterocycles. The molecular weight excluding hydrogens is 290 g/mol. The molecule has 2 N–H and O–H groups in total. The number of hydrogen-bond donors (Lipinski definition) is 2. The molecule has 1 rings (SSSR count). The maximum Gasteiger partial charge on any atom is 0.315 e. The summed E-state index contributed by atoms with van der Waals surface area (Å²) >= 11 is 0. The molecule has 0 atom stereocenters. The zero-order valence-corrected chi connectivity index (χ0v) is 14.0. The molecule has 0 heterocycles. The van der Waals surface area contributed by atoms with Gasteiger partial charge in [0.2, 0.25) is 10.0 Å². The van der Waals surface area contributed by atoms with Gasteiger partial charge >= 0.3 is 6.03 Å². The number of amides is 2. The molecule has 21 heavy (non-hydrogen) atoms. The van der Waals surface area contributed by atoms with Gasteiger partial charge < -0.3 is 10.6 Å². The number of unbranched alkanes of at least 4 members (excludes halogenated alkanes) is 1. The number of carbonyl (C=O) groups is 1. The summed E-state index contributed by atoms with van der Waals surface area (Å²) in [7, 11) is -3.20. The van der Waals surface area contributed by atoms with Gasteiger partial charge in [-0.15, -0.1) is 0 Å². The Bertz CT molecular complexity index is 406. The highest BCUT2D eigenvalue weighted by Gasteiger charge is 2.17. The molecule has 2 amide bonds. The van der Waals surface area contributed by atoms with Crippen molar-refractivity contribution in [3.63, 3.8) is 0 Å². The second-order valence-electron chi connectivity index (χ2n) is 5.75. The lowest BCUT2D eigenvalue weighted by atomic mass is 9.96. The molecule has 124 valence electrons. The summed E-state index contributed by atoms with van der Waals surface area (Å²) < 4.78 is 24.7. The van der Waals surface area contributed by atoms with Gasteiger partial charge in [-0.3, -0.25) is 0 Å². The minimum atomic E-state index is -3.20. The highest BCUT2D eigenvalue weighted by Crippen LogP contribution is 2.17. The van der Waals surface area contributed by atoms with Crippen molar-refractivity contribution < 1.29 is 13.2 Å². The molecule has 0 aromatic heterocycles. The van der Waals surface area contributed by atoms with E-state index in [0.717, 1.165) is 25.7 Å². The Morgan fingerprint density at radius 3 is 2.43 bits per heavy atom. The molecule has 0 unspecified atom stereocenters. The molecular formula is C14H29N3O3S. The summed E-state index contributed by atoms with van der Waals surface area (Å²) in [6.07, 6.45) is 8.67. The first-order valence-electron chi connectivity index (χ1n) is 7.93. The molecule has 1 aliphatic carbocycles. The van der Waals surface area contributed by atoms with Gasteiger partial charge in [-0.05, 0) is 19.3 Å². The summed E-state index contributed by atoms with van der Waals surface area (Å²) in [6.45, 7) is 3.21. The first kappa shape index (κ1) is 18.2. The van der Waals surface area contributed by atoms with Gasteiger partial charge in [0.1, 0.15) is 0 Å². The van der Waals surface area contributed by atoms with E-state index in [1.807, 2.05) is 6.92 Å². The van der Waals surface area contributed by atoms with Crippen LogP contribution in [0.3, 0.4) is 0 Å². The Labute approximate surface area is 128 Å². The van der Waals surface area contributed by atoms with Crippen LogP contribution in [0.1, 0.15) is 51.9 Å². The van der Waals surface area contributed by atoms with E-state index < -0.39 is 10.0 Å². The van der Waals surface area contributed by atoms with Crippen LogP contribution in [-0.4, -0.2) is 50.7 Å². The number of sulfonamides is 1. The third kappa shape index (κ3) is 7.66. The normalized spacial score (nSPS) is 16.9. The van der Waals surface area contributed by atoms with E-state index in [0.29, 0.717) is 19.6 Å². The first-order valence-corrected chi connectivity index (χ1v) is 9.77. The minimum Gasteiger partial charge on any atom is -0.337 e. The third-order valence-electron chi connectivity index (χ3n) is 3.82. The number of nitrogens with one attached hydrogen (secondary N) is 2. The third-order valence-corrected chi connectivity index (χ3v) is 5.12. The lowest BCUT2D eigenvalue weighted by Gasteiger charge is -2.23. The lowest BCUT2D eigenvalue weighted by Crippen LogP contribution is -2.45. The fourth-order valence-electron chi connectivity index (χ4n) is 2.56. The van der Waals surface area contributed by atoms with Crippen LogP contribution in [0.25, 0.3) is 0 Å². The van der Waals surface area contributed by atoms with Crippen LogP contribution < -0.4 is 10.6 Å². The van der Waals surface area contributed by atoms with Crippen molar-refractivity contribution in [1.29, 1.82) is 0 Å². The highest BCUT2D eigenvalue weighted by atomic mass is 32.2. The Morgan fingerprint density at radius 1 is 1.19 bits per heavy atom. The molecule has 1 aliphatic rings. The van der Waals surface area contributed by atoms with Crippen LogP contribution in [-0.2, 0) is 10.0 Å². The summed E-state index contributed by atoms with van der Waals surface area (Å²) in [5.41, 5.74) is 0. The summed E-state index contributed by atoms with van der Waals surface area (Å²) in [4.78, 5) is 11.8. The molecule has 0 bridgehead atoms. The number of rotatable bonds is 8. The SMILES string of the molecule is CCCCN(CCNC(=O)NC1CCCCC1)S(C)(=O)=O. The van der Waals surface area contributed by atoms with Crippen molar-refractivity contribution in [3.8, 4) is 0 Å². The van der Waals surface area contributed by atoms with E-state index in [1.54, 1.807) is 0 Å². The molecule has 0 aromatic rings. The maximum atomic E-state index is 11.8. The molecule has 0 radical (unpaired) electrons. The second kappa shape index (κ2) is 9.25. The highest BCUT2D eigenvalue weighted by molar-refractivity contribution is 7.88. The molecule has 0 aliphatic heterocycles. The molecule has 1 saturated carbocycles. The first-order chi connectivity index (χ1) is 9.93. The fraction of sp³-hybridized carbons (Fsp3) is 0.929. The quantitative estimate of drug-likeness (QED) is 0.714. The molecule has 6 nitrogen and oxygen atoms in total. The maximum absolute atomic E-state index is 11.8. The molecule has 7 heteroatoms. The topological polar surface area (TPSA) is 78.5 Å². The molecule has 1 fully saturated rings. The second-order valence-corrected chi connectivity index (χ2v) is 7.73. The van der Waals surface area contributed by atoms with E-state index in [2.05, 4.69) is 10.6 Å². The van der Waals surface area contributed by atoms with Crippen LogP contribution in [0.5, 0.6) is 0 Å². The van der Waals surface area contributed by atoms with Gasteiger partial charge in [0.15, 0.2) is 0 Å². The smallest absolute Gasteiger partial charge is 0.315 e.